The van der Waals surface area contributed by atoms with Gasteiger partial charge in [0.15, 0.2) is 0 Å². The summed E-state index contributed by atoms with van der Waals surface area (Å²) in [7, 11) is 2.06. The van der Waals surface area contributed by atoms with E-state index in [0.29, 0.717) is 0 Å². The van der Waals surface area contributed by atoms with Gasteiger partial charge in [-0.05, 0) is 12.8 Å². The van der Waals surface area contributed by atoms with Crippen LogP contribution in [0.4, 0.5) is 0 Å². The Morgan fingerprint density at radius 2 is 1.09 bits per heavy atom. The van der Waals surface area contributed by atoms with Crippen molar-refractivity contribution in [3.8, 4) is 0 Å². The minimum atomic E-state index is -1.07. The molecule has 0 aliphatic heterocycles. The third kappa shape index (κ3) is 5.58. The fourth-order valence-corrected chi connectivity index (χ4v) is 1.42. The lowest BCUT2D eigenvalue weighted by Gasteiger charge is -1.97. The summed E-state index contributed by atoms with van der Waals surface area (Å²) in [5, 5.41) is 0. The molecule has 0 radical (unpaired) electrons. The van der Waals surface area contributed by atoms with Gasteiger partial charge in [0.2, 0.25) is 0 Å². The quantitative estimate of drug-likeness (QED) is 0.138. The van der Waals surface area contributed by atoms with E-state index in [1.165, 1.54) is 0 Å². The van der Waals surface area contributed by atoms with Crippen molar-refractivity contribution in [2.75, 3.05) is 14.2 Å². The highest BCUT2D eigenvalue weighted by Crippen LogP contribution is 2.03. The van der Waals surface area contributed by atoms with Gasteiger partial charge in [-0.15, -0.1) is 0 Å². The van der Waals surface area contributed by atoms with Gasteiger partial charge < -0.3 is 20.5 Å². The van der Waals surface area contributed by atoms with Gasteiger partial charge >= 0.3 is 23.4 Å². The molecule has 22 heavy (non-hydrogen) atoms. The van der Waals surface area contributed by atoms with Crippen molar-refractivity contribution in [3.05, 3.63) is 11.1 Å². The molecule has 0 aromatic rings. The first kappa shape index (κ1) is 19.0. The summed E-state index contributed by atoms with van der Waals surface area (Å²) in [5.41, 5.74) is 15.6. The lowest BCUT2D eigenvalue weighted by Crippen LogP contribution is -2.27. The number of esters is 2. The first-order chi connectivity index (χ1) is 10.4. The first-order valence-corrected chi connectivity index (χ1v) is 6.10. The van der Waals surface area contributed by atoms with Gasteiger partial charge in [0.05, 0.1) is 14.2 Å². The van der Waals surface area contributed by atoms with Gasteiger partial charge in [-0.3, -0.25) is 9.59 Å². The molecule has 0 aromatic carbocycles. The normalized spacial score (nSPS) is 9.00. The average Bonchev–Trinajstić information content (AvgIpc) is 2.52. The van der Waals surface area contributed by atoms with Crippen LogP contribution in [0, 0.1) is 0 Å². The van der Waals surface area contributed by atoms with E-state index in [1.54, 1.807) is 0 Å². The molecular formula is C12H14N4O6. The van der Waals surface area contributed by atoms with Gasteiger partial charge in [-0.2, -0.15) is 9.58 Å². The highest BCUT2D eigenvalue weighted by molar-refractivity contribution is 6.62. The molecule has 0 aliphatic carbocycles. The van der Waals surface area contributed by atoms with Crippen LogP contribution in [0.25, 0.3) is 11.1 Å². The summed E-state index contributed by atoms with van der Waals surface area (Å²) in [4.78, 5) is 50.4. The Morgan fingerprint density at radius 3 is 1.32 bits per heavy atom. The van der Waals surface area contributed by atoms with Gasteiger partial charge in [-0.25, -0.2) is 9.59 Å². The number of hydrogen-bond acceptors (Lipinski definition) is 6. The van der Waals surface area contributed by atoms with E-state index in [2.05, 4.69) is 19.1 Å². The largest absolute Gasteiger partial charge is 0.460 e. The number of carbonyl (C=O) groups is 4. The third-order valence-electron chi connectivity index (χ3n) is 2.54. The summed E-state index contributed by atoms with van der Waals surface area (Å²) in [6.45, 7) is 0. The van der Waals surface area contributed by atoms with Crippen LogP contribution in [0.3, 0.4) is 0 Å². The van der Waals surface area contributed by atoms with E-state index in [0.717, 1.165) is 14.2 Å². The van der Waals surface area contributed by atoms with Crippen molar-refractivity contribution in [2.45, 2.75) is 25.7 Å². The molecule has 0 saturated carbocycles. The molecule has 10 heteroatoms. The number of unbranched alkanes of at least 4 members (excludes halogenated alkanes) is 1. The summed E-state index contributed by atoms with van der Waals surface area (Å²) in [6, 6.07) is 0. The molecule has 118 valence electrons. The lowest BCUT2D eigenvalue weighted by atomic mass is 10.0. The second-order valence-corrected chi connectivity index (χ2v) is 3.93. The second kappa shape index (κ2) is 9.87. The Kier molecular flexibility index (Phi) is 8.54. The Hall–Kier alpha value is -2.96. The number of carbonyl (C=O) groups excluding carboxylic acids is 4. The van der Waals surface area contributed by atoms with Gasteiger partial charge in [0.1, 0.15) is 0 Å². The third-order valence-corrected chi connectivity index (χ3v) is 2.54. The van der Waals surface area contributed by atoms with E-state index < -0.39 is 34.9 Å². The smallest absolute Gasteiger partial charge is 0.441 e. The Balaban J connectivity index is 4.39. The van der Waals surface area contributed by atoms with Gasteiger partial charge in [0.25, 0.3) is 11.6 Å². The minimum Gasteiger partial charge on any atom is -0.460 e. The summed E-state index contributed by atoms with van der Waals surface area (Å²) in [5.74, 6) is -3.62. The van der Waals surface area contributed by atoms with Crippen molar-refractivity contribution < 1.29 is 38.2 Å². The molecule has 0 unspecified atom stereocenters. The highest BCUT2D eigenvalue weighted by atomic mass is 16.5. The van der Waals surface area contributed by atoms with E-state index in [1.807, 2.05) is 0 Å². The van der Waals surface area contributed by atoms with Gasteiger partial charge in [-0.1, -0.05) is 0 Å². The first-order valence-electron chi connectivity index (χ1n) is 6.10. The molecular weight excluding hydrogens is 296 g/mol. The van der Waals surface area contributed by atoms with Crippen molar-refractivity contribution in [1.29, 1.82) is 0 Å². The molecule has 0 saturated heterocycles. The number of nitrogens with zero attached hydrogens (tertiary/aromatic N) is 4. The molecule has 0 amide bonds. The van der Waals surface area contributed by atoms with E-state index in [9.17, 15) is 19.2 Å². The average molecular weight is 310 g/mol. The molecule has 0 aliphatic rings. The fourth-order valence-electron chi connectivity index (χ4n) is 1.42. The van der Waals surface area contributed by atoms with Crippen molar-refractivity contribution in [3.63, 3.8) is 0 Å². The molecule has 0 spiro atoms. The number of methoxy groups -OCH3 is 2. The number of ketones is 2. The van der Waals surface area contributed by atoms with Crippen LogP contribution in [0.15, 0.2) is 0 Å². The minimum absolute atomic E-state index is 0.161. The molecule has 0 aromatic heterocycles. The molecule has 0 fully saturated rings. The van der Waals surface area contributed by atoms with Crippen LogP contribution in [0.2, 0.25) is 0 Å². The molecule has 0 rings (SSSR count). The Bertz CT molecular complexity index is 532. The highest BCUT2D eigenvalue weighted by Gasteiger charge is 2.31. The zero-order chi connectivity index (χ0) is 17.1. The summed E-state index contributed by atoms with van der Waals surface area (Å²) < 4.78 is 8.51. The molecule has 0 atom stereocenters. The van der Waals surface area contributed by atoms with Gasteiger partial charge in [0, 0.05) is 12.8 Å². The maximum Gasteiger partial charge on any atom is 0.441 e. The molecule has 10 nitrogen and oxygen atoms in total. The van der Waals surface area contributed by atoms with Crippen LogP contribution in [-0.2, 0) is 28.7 Å². The number of hydrogen-bond donors (Lipinski definition) is 0. The monoisotopic (exact) mass is 310 g/mol. The van der Waals surface area contributed by atoms with E-state index in [-0.39, 0.29) is 25.7 Å². The van der Waals surface area contributed by atoms with Crippen molar-refractivity contribution in [2.24, 2.45) is 0 Å². The fraction of sp³-hybridized carbons (Fsp3) is 0.500. The standard InChI is InChI=1S/C12H14N4O6/c1-21-11(19)9(15-13)7(17)5-3-4-6-8(18)10(16-14)12(20)22-2/h3-6H2,1-2H3. The molecule has 0 heterocycles. The summed E-state index contributed by atoms with van der Waals surface area (Å²) in [6.07, 6.45) is 0.0398. The zero-order valence-electron chi connectivity index (χ0n) is 12.1. The van der Waals surface area contributed by atoms with Crippen LogP contribution in [0.5, 0.6) is 0 Å². The maximum atomic E-state index is 11.5. The number of Topliss-reactive ketones (excluding diaryl/α,β-unsaturated/α-hetero) is 2. The maximum absolute atomic E-state index is 11.5. The Morgan fingerprint density at radius 1 is 0.773 bits per heavy atom. The van der Waals surface area contributed by atoms with Crippen molar-refractivity contribution in [1.82, 2.24) is 0 Å². The number of ether oxygens (including phenoxy) is 2. The summed E-state index contributed by atoms with van der Waals surface area (Å²) >= 11 is 0. The van der Waals surface area contributed by atoms with Crippen LogP contribution < -0.4 is 0 Å². The predicted molar refractivity (Wildman–Crippen MR) is 69.8 cm³/mol. The number of rotatable bonds is 9. The lowest BCUT2D eigenvalue weighted by molar-refractivity contribution is -0.140. The van der Waals surface area contributed by atoms with E-state index in [4.69, 9.17) is 11.1 Å². The SMILES string of the molecule is COC(=O)C(=[N+]=[N-])C(=O)CCCCC(=O)C(=[N+]=[N-])C(=O)OC. The van der Waals surface area contributed by atoms with Crippen LogP contribution >= 0.6 is 0 Å². The van der Waals surface area contributed by atoms with Crippen LogP contribution in [0.1, 0.15) is 25.7 Å². The molecule has 0 N–H and O–H groups in total. The van der Waals surface area contributed by atoms with Crippen LogP contribution in [-0.4, -0.2) is 58.7 Å². The van der Waals surface area contributed by atoms with Crippen molar-refractivity contribution >= 4 is 34.9 Å². The Labute approximate surface area is 125 Å². The molecule has 0 bridgehead atoms. The second-order valence-electron chi connectivity index (χ2n) is 3.93. The van der Waals surface area contributed by atoms with E-state index >= 15 is 0 Å². The predicted octanol–water partition coefficient (Wildman–Crippen LogP) is -0.627. The topological polar surface area (TPSA) is 160 Å². The zero-order valence-corrected chi connectivity index (χ0v) is 12.1.